The summed E-state index contributed by atoms with van der Waals surface area (Å²) in [5.74, 6) is 0.418. The summed E-state index contributed by atoms with van der Waals surface area (Å²) >= 11 is 2.48. The quantitative estimate of drug-likeness (QED) is 0.849. The molecule has 1 aromatic carbocycles. The summed E-state index contributed by atoms with van der Waals surface area (Å²) in [5.41, 5.74) is 0.624. The molecule has 0 bridgehead atoms. The number of thioether (sulfide) groups is 1. The maximum Gasteiger partial charge on any atom is 0.416 e. The smallest absolute Gasteiger partial charge is 0.395 e. The van der Waals surface area contributed by atoms with Gasteiger partial charge in [-0.1, -0.05) is 11.3 Å². The first kappa shape index (κ1) is 14.0. The number of aliphatic hydroxyl groups is 1. The zero-order valence-electron chi connectivity index (χ0n) is 10.2. The number of thiazole rings is 1. The van der Waals surface area contributed by atoms with E-state index >= 15 is 0 Å². The Bertz CT molecular complexity index is 720. The molecule has 0 saturated heterocycles. The van der Waals surface area contributed by atoms with Gasteiger partial charge in [-0.3, -0.25) is 5.41 Å². The molecule has 0 amide bonds. The fourth-order valence-corrected chi connectivity index (χ4v) is 4.34. The Balaban J connectivity index is 2.26. The predicted octanol–water partition coefficient (Wildman–Crippen LogP) is 2.81. The van der Waals surface area contributed by atoms with Gasteiger partial charge >= 0.3 is 6.18 Å². The topological polar surface area (TPSA) is 49.0 Å². The molecule has 3 nitrogen and oxygen atoms in total. The van der Waals surface area contributed by atoms with Crippen molar-refractivity contribution in [2.45, 2.75) is 23.7 Å². The number of halogens is 3. The van der Waals surface area contributed by atoms with Gasteiger partial charge in [0.2, 0.25) is 0 Å². The van der Waals surface area contributed by atoms with Crippen LogP contribution in [0.5, 0.6) is 0 Å². The largest absolute Gasteiger partial charge is 0.416 e. The summed E-state index contributed by atoms with van der Waals surface area (Å²) in [4.78, 5) is 0.224. The van der Waals surface area contributed by atoms with E-state index in [9.17, 15) is 18.3 Å². The molecule has 20 heavy (non-hydrogen) atoms. The first-order chi connectivity index (χ1) is 9.40. The molecule has 1 aromatic heterocycles. The standard InChI is InChI=1S/C12H11F3N2OS2/c13-12(14,15)7-1-6-5-19-8(4-18)3-17-10(6)9(2-7)20-11(17)16/h1-2,8,16,18H,3-5H2. The first-order valence-electron chi connectivity index (χ1n) is 5.90. The van der Waals surface area contributed by atoms with Crippen molar-refractivity contribution < 1.29 is 18.3 Å². The SMILES string of the molecule is N=c1sc2cc(C(F)(F)F)cc3c2n1CC(CO)SC3. The molecule has 8 heteroatoms. The summed E-state index contributed by atoms with van der Waals surface area (Å²) in [6, 6.07) is 2.28. The number of aliphatic hydroxyl groups excluding tert-OH is 1. The van der Waals surface area contributed by atoms with Crippen LogP contribution in [0, 0.1) is 5.41 Å². The second-order valence-electron chi connectivity index (χ2n) is 4.61. The van der Waals surface area contributed by atoms with Gasteiger partial charge in [-0.15, -0.1) is 11.8 Å². The third-order valence-electron chi connectivity index (χ3n) is 3.27. The van der Waals surface area contributed by atoms with E-state index in [0.717, 1.165) is 23.5 Å². The highest BCUT2D eigenvalue weighted by Crippen LogP contribution is 2.37. The number of benzene rings is 1. The third kappa shape index (κ3) is 2.25. The Morgan fingerprint density at radius 1 is 1.40 bits per heavy atom. The van der Waals surface area contributed by atoms with Crippen molar-refractivity contribution in [3.05, 3.63) is 28.1 Å². The van der Waals surface area contributed by atoms with Crippen LogP contribution in [0.3, 0.4) is 0 Å². The predicted molar refractivity (Wildman–Crippen MR) is 72.8 cm³/mol. The van der Waals surface area contributed by atoms with Crippen LogP contribution in [0.1, 0.15) is 11.1 Å². The van der Waals surface area contributed by atoms with Crippen LogP contribution in [0.4, 0.5) is 13.2 Å². The van der Waals surface area contributed by atoms with Gasteiger partial charge in [0.05, 0.1) is 22.4 Å². The average Bonchev–Trinajstić information content (AvgIpc) is 2.57. The molecule has 0 fully saturated rings. The van der Waals surface area contributed by atoms with Crippen molar-refractivity contribution in [1.82, 2.24) is 4.57 Å². The molecule has 1 aliphatic heterocycles. The number of nitrogens with zero attached hydrogens (tertiary/aromatic N) is 1. The minimum Gasteiger partial charge on any atom is -0.395 e. The minimum atomic E-state index is -4.38. The van der Waals surface area contributed by atoms with E-state index in [1.54, 1.807) is 4.57 Å². The van der Waals surface area contributed by atoms with Gasteiger partial charge in [0.15, 0.2) is 4.80 Å². The van der Waals surface area contributed by atoms with Crippen LogP contribution >= 0.6 is 23.1 Å². The molecule has 1 aliphatic rings. The van der Waals surface area contributed by atoms with E-state index in [1.807, 2.05) is 0 Å². The Hall–Kier alpha value is -0.990. The molecule has 2 N–H and O–H groups in total. The lowest BCUT2D eigenvalue weighted by atomic mass is 10.1. The van der Waals surface area contributed by atoms with E-state index in [-0.39, 0.29) is 16.7 Å². The number of hydrogen-bond donors (Lipinski definition) is 2. The highest BCUT2D eigenvalue weighted by molar-refractivity contribution is 7.99. The van der Waals surface area contributed by atoms with Gasteiger partial charge in [-0.25, -0.2) is 0 Å². The molecule has 0 saturated carbocycles. The maximum atomic E-state index is 12.9. The lowest BCUT2D eigenvalue weighted by Gasteiger charge is -2.10. The summed E-state index contributed by atoms with van der Waals surface area (Å²) < 4.78 is 40.9. The second kappa shape index (κ2) is 4.78. The van der Waals surface area contributed by atoms with Crippen LogP contribution in [0.25, 0.3) is 10.2 Å². The van der Waals surface area contributed by atoms with E-state index in [4.69, 9.17) is 5.41 Å². The third-order valence-corrected chi connectivity index (χ3v) is 5.46. The van der Waals surface area contributed by atoms with E-state index in [1.165, 1.54) is 11.8 Å². The maximum absolute atomic E-state index is 12.9. The lowest BCUT2D eigenvalue weighted by molar-refractivity contribution is -0.137. The van der Waals surface area contributed by atoms with Gasteiger partial charge in [0.1, 0.15) is 0 Å². The number of rotatable bonds is 1. The lowest BCUT2D eigenvalue weighted by Crippen LogP contribution is -2.22. The van der Waals surface area contributed by atoms with Crippen molar-refractivity contribution in [2.24, 2.45) is 0 Å². The number of aromatic nitrogens is 1. The molecule has 0 aliphatic carbocycles. The Labute approximate surface area is 120 Å². The number of alkyl halides is 3. The Morgan fingerprint density at radius 3 is 2.80 bits per heavy atom. The summed E-state index contributed by atoms with van der Waals surface area (Å²) in [7, 11) is 0. The van der Waals surface area contributed by atoms with Crippen molar-refractivity contribution in [3.8, 4) is 0 Å². The molecular formula is C12H11F3N2OS2. The Morgan fingerprint density at radius 2 is 2.15 bits per heavy atom. The van der Waals surface area contributed by atoms with Crippen molar-refractivity contribution in [2.75, 3.05) is 6.61 Å². The van der Waals surface area contributed by atoms with Gasteiger partial charge in [-0.2, -0.15) is 13.2 Å². The fourth-order valence-electron chi connectivity index (χ4n) is 2.33. The minimum absolute atomic E-state index is 0.0471. The molecule has 2 heterocycles. The molecule has 1 atom stereocenters. The van der Waals surface area contributed by atoms with Gasteiger partial charge < -0.3 is 9.67 Å². The molecule has 0 spiro atoms. The average molecular weight is 320 g/mol. The number of nitrogens with one attached hydrogen (secondary N) is 1. The number of hydrogen-bond acceptors (Lipinski definition) is 4. The van der Waals surface area contributed by atoms with Crippen molar-refractivity contribution in [3.63, 3.8) is 0 Å². The summed E-state index contributed by atoms with van der Waals surface area (Å²) in [5, 5.41) is 17.1. The highest BCUT2D eigenvalue weighted by Gasteiger charge is 2.32. The summed E-state index contributed by atoms with van der Waals surface area (Å²) in [6.07, 6.45) is -4.38. The molecule has 2 aromatic rings. The van der Waals surface area contributed by atoms with Crippen molar-refractivity contribution in [1.29, 1.82) is 5.41 Å². The fraction of sp³-hybridized carbons (Fsp3) is 0.417. The first-order valence-corrected chi connectivity index (χ1v) is 7.77. The van der Waals surface area contributed by atoms with Crippen LogP contribution in [0.15, 0.2) is 12.1 Å². The zero-order chi connectivity index (χ0) is 14.5. The molecular weight excluding hydrogens is 309 g/mol. The zero-order valence-corrected chi connectivity index (χ0v) is 11.8. The molecule has 108 valence electrons. The van der Waals surface area contributed by atoms with Crippen LogP contribution in [-0.2, 0) is 18.5 Å². The Kier molecular flexibility index (Phi) is 3.34. The molecule has 0 radical (unpaired) electrons. The van der Waals surface area contributed by atoms with Crippen molar-refractivity contribution >= 4 is 33.3 Å². The van der Waals surface area contributed by atoms with E-state index in [2.05, 4.69) is 0 Å². The van der Waals surface area contributed by atoms with Crippen LogP contribution < -0.4 is 4.80 Å². The van der Waals surface area contributed by atoms with Gasteiger partial charge in [-0.05, 0) is 17.7 Å². The molecule has 1 unspecified atom stereocenters. The summed E-state index contributed by atoms with van der Waals surface area (Å²) in [6.45, 7) is 0.410. The van der Waals surface area contributed by atoms with E-state index < -0.39 is 11.7 Å². The van der Waals surface area contributed by atoms with Gasteiger partial charge in [0.25, 0.3) is 0 Å². The monoisotopic (exact) mass is 320 g/mol. The highest BCUT2D eigenvalue weighted by atomic mass is 32.2. The van der Waals surface area contributed by atoms with Gasteiger partial charge in [0, 0.05) is 17.5 Å². The van der Waals surface area contributed by atoms with Crippen LogP contribution in [0.2, 0.25) is 0 Å². The second-order valence-corrected chi connectivity index (χ2v) is 6.93. The van der Waals surface area contributed by atoms with Crippen LogP contribution in [-0.4, -0.2) is 21.5 Å². The normalized spacial score (nSPS) is 19.3. The van der Waals surface area contributed by atoms with E-state index in [0.29, 0.717) is 28.1 Å². The molecule has 3 rings (SSSR count).